The Labute approximate surface area is 94.1 Å². The number of pyridine rings is 1. The van der Waals surface area contributed by atoms with Gasteiger partial charge in [-0.15, -0.1) is 0 Å². The molecule has 0 aromatic carbocycles. The Balaban J connectivity index is 2.12. The van der Waals surface area contributed by atoms with E-state index in [1.807, 2.05) is 0 Å². The summed E-state index contributed by atoms with van der Waals surface area (Å²) in [5, 5.41) is 0. The molecule has 0 unspecified atom stereocenters. The van der Waals surface area contributed by atoms with Gasteiger partial charge in [0.2, 0.25) is 0 Å². The van der Waals surface area contributed by atoms with Crippen molar-refractivity contribution in [2.75, 3.05) is 0 Å². The van der Waals surface area contributed by atoms with Crippen LogP contribution in [-0.4, -0.2) is 0 Å². The molecule has 1 nitrogen and oxygen atoms in total. The summed E-state index contributed by atoms with van der Waals surface area (Å²) in [5.41, 5.74) is 1.45. The minimum absolute atomic E-state index is 1.23. The first-order valence-electron chi connectivity index (χ1n) is 6.28. The molecule has 0 bridgehead atoms. The summed E-state index contributed by atoms with van der Waals surface area (Å²) >= 11 is 0. The molecular formula is C14H24N+. The highest BCUT2D eigenvalue weighted by atomic mass is 14.9. The van der Waals surface area contributed by atoms with Crippen molar-refractivity contribution >= 4 is 0 Å². The molecule has 0 spiro atoms. The van der Waals surface area contributed by atoms with Crippen molar-refractivity contribution in [2.45, 2.75) is 51.9 Å². The van der Waals surface area contributed by atoms with Crippen molar-refractivity contribution in [1.82, 2.24) is 0 Å². The van der Waals surface area contributed by atoms with E-state index in [4.69, 9.17) is 0 Å². The molecule has 0 fully saturated rings. The average molecular weight is 206 g/mol. The third kappa shape index (κ3) is 4.96. The standard InChI is InChI=1S/C14H24N/c1-3-4-5-6-7-8-11-14-12-9-10-13-15(14)2/h9-10,12-13H,3-8,11H2,1-2H3/q+1. The molecule has 1 aromatic rings. The molecule has 15 heavy (non-hydrogen) atoms. The second kappa shape index (κ2) is 7.44. The summed E-state index contributed by atoms with van der Waals surface area (Å²) in [6, 6.07) is 6.45. The molecule has 1 heteroatoms. The number of aryl methyl sites for hydroxylation is 2. The molecule has 0 aliphatic rings. The zero-order valence-corrected chi connectivity index (χ0v) is 10.2. The topological polar surface area (TPSA) is 3.88 Å². The fourth-order valence-corrected chi connectivity index (χ4v) is 1.90. The van der Waals surface area contributed by atoms with Crippen LogP contribution in [0, 0.1) is 0 Å². The van der Waals surface area contributed by atoms with Crippen LogP contribution in [0.25, 0.3) is 0 Å². The normalized spacial score (nSPS) is 10.5. The number of hydrogen-bond donors (Lipinski definition) is 0. The molecule has 0 N–H and O–H groups in total. The van der Waals surface area contributed by atoms with Crippen LogP contribution >= 0.6 is 0 Å². The summed E-state index contributed by atoms with van der Waals surface area (Å²) in [6.45, 7) is 2.27. The van der Waals surface area contributed by atoms with Gasteiger partial charge in [0.25, 0.3) is 0 Å². The summed E-state index contributed by atoms with van der Waals surface area (Å²) in [7, 11) is 2.13. The minimum atomic E-state index is 1.23. The van der Waals surface area contributed by atoms with Gasteiger partial charge < -0.3 is 0 Å². The largest absolute Gasteiger partial charge is 0.205 e. The number of nitrogens with zero attached hydrogens (tertiary/aromatic N) is 1. The van der Waals surface area contributed by atoms with Gasteiger partial charge in [0.1, 0.15) is 7.05 Å². The molecule has 0 radical (unpaired) electrons. The molecule has 1 heterocycles. The van der Waals surface area contributed by atoms with Crippen molar-refractivity contribution in [2.24, 2.45) is 7.05 Å². The van der Waals surface area contributed by atoms with Crippen LogP contribution in [0.15, 0.2) is 24.4 Å². The molecule has 0 saturated carbocycles. The Morgan fingerprint density at radius 2 is 1.73 bits per heavy atom. The molecular weight excluding hydrogens is 182 g/mol. The third-order valence-corrected chi connectivity index (χ3v) is 2.95. The molecule has 0 aliphatic carbocycles. The number of aromatic nitrogens is 1. The summed E-state index contributed by atoms with van der Waals surface area (Å²) in [5.74, 6) is 0. The summed E-state index contributed by atoms with van der Waals surface area (Å²) in [6.07, 6.45) is 11.6. The van der Waals surface area contributed by atoms with Crippen LogP contribution in [0.1, 0.15) is 51.1 Å². The first-order valence-corrected chi connectivity index (χ1v) is 6.28. The monoisotopic (exact) mass is 206 g/mol. The Bertz CT molecular complexity index is 268. The zero-order valence-electron chi connectivity index (χ0n) is 10.2. The van der Waals surface area contributed by atoms with Gasteiger partial charge in [-0.1, -0.05) is 45.1 Å². The van der Waals surface area contributed by atoms with Crippen molar-refractivity contribution in [3.05, 3.63) is 30.1 Å². The van der Waals surface area contributed by atoms with Crippen LogP contribution < -0.4 is 4.57 Å². The van der Waals surface area contributed by atoms with E-state index in [9.17, 15) is 0 Å². The Kier molecular flexibility index (Phi) is 6.06. The smallest absolute Gasteiger partial charge is 0.181 e. The predicted octanol–water partition coefficient (Wildman–Crippen LogP) is 3.41. The van der Waals surface area contributed by atoms with Crippen molar-refractivity contribution in [3.8, 4) is 0 Å². The fourth-order valence-electron chi connectivity index (χ4n) is 1.90. The van der Waals surface area contributed by atoms with Crippen molar-refractivity contribution in [1.29, 1.82) is 0 Å². The summed E-state index contributed by atoms with van der Waals surface area (Å²) < 4.78 is 2.23. The van der Waals surface area contributed by atoms with Crippen LogP contribution in [0.3, 0.4) is 0 Å². The SMILES string of the molecule is CCCCCCCCc1cccc[n+]1C. The molecule has 1 rings (SSSR count). The minimum Gasteiger partial charge on any atom is -0.205 e. The van der Waals surface area contributed by atoms with E-state index in [0.29, 0.717) is 0 Å². The van der Waals surface area contributed by atoms with Gasteiger partial charge in [-0.25, -0.2) is 4.57 Å². The van der Waals surface area contributed by atoms with Crippen LogP contribution in [-0.2, 0) is 13.5 Å². The van der Waals surface area contributed by atoms with Crippen molar-refractivity contribution < 1.29 is 4.57 Å². The van der Waals surface area contributed by atoms with Gasteiger partial charge >= 0.3 is 0 Å². The lowest BCUT2D eigenvalue weighted by molar-refractivity contribution is -0.679. The van der Waals surface area contributed by atoms with E-state index >= 15 is 0 Å². The number of hydrogen-bond acceptors (Lipinski definition) is 0. The zero-order chi connectivity index (χ0) is 10.9. The molecule has 0 aliphatic heterocycles. The van der Waals surface area contributed by atoms with Crippen LogP contribution in [0.4, 0.5) is 0 Å². The first-order chi connectivity index (χ1) is 7.34. The Morgan fingerprint density at radius 1 is 1.00 bits per heavy atom. The fraction of sp³-hybridized carbons (Fsp3) is 0.643. The third-order valence-electron chi connectivity index (χ3n) is 2.95. The number of unbranched alkanes of at least 4 members (excludes halogenated alkanes) is 5. The van der Waals surface area contributed by atoms with E-state index in [1.165, 1.54) is 50.6 Å². The van der Waals surface area contributed by atoms with Gasteiger partial charge in [0.15, 0.2) is 11.9 Å². The van der Waals surface area contributed by atoms with Crippen molar-refractivity contribution in [3.63, 3.8) is 0 Å². The maximum atomic E-state index is 2.27. The maximum absolute atomic E-state index is 2.27. The van der Waals surface area contributed by atoms with Crippen LogP contribution in [0.2, 0.25) is 0 Å². The van der Waals surface area contributed by atoms with E-state index in [-0.39, 0.29) is 0 Å². The maximum Gasteiger partial charge on any atom is 0.181 e. The lowest BCUT2D eigenvalue weighted by Gasteiger charge is -2.00. The first kappa shape index (κ1) is 12.2. The highest BCUT2D eigenvalue weighted by Crippen LogP contribution is 2.07. The predicted molar refractivity (Wildman–Crippen MR) is 64.7 cm³/mol. The summed E-state index contributed by atoms with van der Waals surface area (Å²) in [4.78, 5) is 0. The van der Waals surface area contributed by atoms with E-state index in [2.05, 4.69) is 42.9 Å². The Hall–Kier alpha value is -0.850. The second-order valence-corrected chi connectivity index (χ2v) is 4.32. The average Bonchev–Trinajstić information content (AvgIpc) is 2.25. The van der Waals surface area contributed by atoms with Gasteiger partial charge in [0, 0.05) is 18.6 Å². The molecule has 0 saturated heterocycles. The van der Waals surface area contributed by atoms with E-state index in [1.54, 1.807) is 0 Å². The molecule has 0 atom stereocenters. The quantitative estimate of drug-likeness (QED) is 0.475. The Morgan fingerprint density at radius 3 is 2.47 bits per heavy atom. The van der Waals surface area contributed by atoms with Gasteiger partial charge in [0.05, 0.1) is 0 Å². The van der Waals surface area contributed by atoms with Gasteiger partial charge in [-0.2, -0.15) is 0 Å². The van der Waals surface area contributed by atoms with E-state index in [0.717, 1.165) is 0 Å². The van der Waals surface area contributed by atoms with Gasteiger partial charge in [-0.3, -0.25) is 0 Å². The van der Waals surface area contributed by atoms with E-state index < -0.39 is 0 Å². The molecule has 84 valence electrons. The highest BCUT2D eigenvalue weighted by molar-refractivity contribution is 4.96. The lowest BCUT2D eigenvalue weighted by Crippen LogP contribution is -2.32. The second-order valence-electron chi connectivity index (χ2n) is 4.32. The highest BCUT2D eigenvalue weighted by Gasteiger charge is 2.03. The van der Waals surface area contributed by atoms with Crippen LogP contribution in [0.5, 0.6) is 0 Å². The molecule has 0 amide bonds. The van der Waals surface area contributed by atoms with Gasteiger partial charge in [-0.05, 0) is 6.42 Å². The number of rotatable bonds is 7. The lowest BCUT2D eigenvalue weighted by atomic mass is 10.1. The molecule has 1 aromatic heterocycles.